The third kappa shape index (κ3) is 2.90. The number of fused-ring (bicyclic) bond motifs is 2. The van der Waals surface area contributed by atoms with E-state index >= 15 is 0 Å². The van der Waals surface area contributed by atoms with Crippen molar-refractivity contribution < 1.29 is 9.59 Å². The van der Waals surface area contributed by atoms with Crippen LogP contribution >= 0.6 is 0 Å². The van der Waals surface area contributed by atoms with E-state index < -0.39 is 5.91 Å². The van der Waals surface area contributed by atoms with Gasteiger partial charge in [0.2, 0.25) is 5.91 Å². The van der Waals surface area contributed by atoms with Crippen molar-refractivity contribution in [2.75, 3.05) is 16.8 Å². The molecular formula is C22H21N5O2. The molecule has 0 unspecified atom stereocenters. The van der Waals surface area contributed by atoms with Crippen molar-refractivity contribution in [3.8, 4) is 11.1 Å². The number of rotatable bonds is 5. The second-order valence-corrected chi connectivity index (χ2v) is 7.58. The van der Waals surface area contributed by atoms with Gasteiger partial charge in [-0.25, -0.2) is 0 Å². The molecule has 7 nitrogen and oxygen atoms in total. The summed E-state index contributed by atoms with van der Waals surface area (Å²) in [6.07, 6.45) is 2.60. The number of carbonyl (C=O) groups excluding carboxylic acids is 2. The first-order valence-corrected chi connectivity index (χ1v) is 9.85. The van der Waals surface area contributed by atoms with E-state index in [0.717, 1.165) is 52.8 Å². The van der Waals surface area contributed by atoms with Crippen LogP contribution in [0.25, 0.3) is 22.0 Å². The van der Waals surface area contributed by atoms with Gasteiger partial charge in [-0.2, -0.15) is 0 Å². The fourth-order valence-electron chi connectivity index (χ4n) is 4.19. The Morgan fingerprint density at radius 1 is 1.24 bits per heavy atom. The van der Waals surface area contributed by atoms with Crippen LogP contribution in [0.2, 0.25) is 0 Å². The number of nitrogens with zero attached hydrogens (tertiary/aromatic N) is 3. The van der Waals surface area contributed by atoms with Gasteiger partial charge in [-0.05, 0) is 43.0 Å². The van der Waals surface area contributed by atoms with E-state index in [2.05, 4.69) is 27.3 Å². The standard InChI is InChI=1S/C22H21N5O2/c1-2-27(14-7-8-14)21-16-9-6-12(10-17(16)25-26-20(21)22(23)29)15-5-3-4-13-11-18(28)24-19(13)15/h3-6,9-10,14H,2,7-8,11H2,1H3,(H2,23,29)(H,24,28). The van der Waals surface area contributed by atoms with Crippen molar-refractivity contribution in [2.45, 2.75) is 32.2 Å². The number of aromatic nitrogens is 2. The zero-order chi connectivity index (χ0) is 20.1. The SMILES string of the molecule is CCN(c1c(C(N)=O)nnc2cc(-c3cccc4c3NC(=O)C4)ccc12)C1CC1. The lowest BCUT2D eigenvalue weighted by atomic mass is 9.98. The average Bonchev–Trinajstić information content (AvgIpc) is 3.47. The average molecular weight is 387 g/mol. The summed E-state index contributed by atoms with van der Waals surface area (Å²) < 4.78 is 0. The van der Waals surface area contributed by atoms with Crippen molar-refractivity contribution in [3.05, 3.63) is 47.7 Å². The molecule has 2 heterocycles. The number of amides is 2. The summed E-state index contributed by atoms with van der Waals surface area (Å²) in [5, 5.41) is 12.3. The molecule has 0 radical (unpaired) electrons. The summed E-state index contributed by atoms with van der Waals surface area (Å²) in [6, 6.07) is 12.2. The van der Waals surface area contributed by atoms with Crippen LogP contribution in [-0.2, 0) is 11.2 Å². The van der Waals surface area contributed by atoms with Crippen LogP contribution < -0.4 is 16.0 Å². The molecule has 0 bridgehead atoms. The predicted molar refractivity (Wildman–Crippen MR) is 112 cm³/mol. The Hall–Kier alpha value is -3.48. The molecule has 3 aromatic rings. The number of hydrogen-bond acceptors (Lipinski definition) is 5. The molecule has 29 heavy (non-hydrogen) atoms. The molecule has 0 saturated heterocycles. The van der Waals surface area contributed by atoms with Crippen LogP contribution in [0.3, 0.4) is 0 Å². The van der Waals surface area contributed by atoms with Crippen molar-refractivity contribution in [1.29, 1.82) is 0 Å². The molecule has 1 aliphatic heterocycles. The first-order valence-electron chi connectivity index (χ1n) is 9.85. The molecule has 146 valence electrons. The van der Waals surface area contributed by atoms with Gasteiger partial charge < -0.3 is 16.0 Å². The van der Waals surface area contributed by atoms with E-state index in [1.807, 2.05) is 36.4 Å². The predicted octanol–water partition coefficient (Wildman–Crippen LogP) is 2.88. The lowest BCUT2D eigenvalue weighted by molar-refractivity contribution is -0.115. The summed E-state index contributed by atoms with van der Waals surface area (Å²) in [7, 11) is 0. The van der Waals surface area contributed by atoms with E-state index in [1.165, 1.54) is 0 Å². The molecule has 0 atom stereocenters. The molecule has 5 rings (SSSR count). The van der Waals surface area contributed by atoms with Gasteiger partial charge in [0.1, 0.15) is 0 Å². The summed E-state index contributed by atoms with van der Waals surface area (Å²) >= 11 is 0. The van der Waals surface area contributed by atoms with Crippen LogP contribution in [-0.4, -0.2) is 34.6 Å². The summed E-state index contributed by atoms with van der Waals surface area (Å²) in [5.74, 6) is -0.564. The highest BCUT2D eigenvalue weighted by Gasteiger charge is 2.32. The number of hydrogen-bond donors (Lipinski definition) is 2. The molecule has 2 aromatic carbocycles. The largest absolute Gasteiger partial charge is 0.366 e. The Morgan fingerprint density at radius 3 is 2.79 bits per heavy atom. The fourth-order valence-corrected chi connectivity index (χ4v) is 4.19. The van der Waals surface area contributed by atoms with E-state index in [0.29, 0.717) is 18.0 Å². The maximum atomic E-state index is 12.0. The highest BCUT2D eigenvalue weighted by atomic mass is 16.2. The van der Waals surface area contributed by atoms with E-state index in [1.54, 1.807) is 0 Å². The highest BCUT2D eigenvalue weighted by molar-refractivity contribution is 6.07. The van der Waals surface area contributed by atoms with Crippen LogP contribution in [0, 0.1) is 0 Å². The van der Waals surface area contributed by atoms with Gasteiger partial charge in [0.15, 0.2) is 5.69 Å². The van der Waals surface area contributed by atoms with Crippen molar-refractivity contribution >= 4 is 34.1 Å². The van der Waals surface area contributed by atoms with Gasteiger partial charge in [0.25, 0.3) is 5.91 Å². The van der Waals surface area contributed by atoms with Crippen LogP contribution in [0.1, 0.15) is 35.8 Å². The number of nitrogens with one attached hydrogen (secondary N) is 1. The summed E-state index contributed by atoms with van der Waals surface area (Å²) in [4.78, 5) is 26.1. The first kappa shape index (κ1) is 17.6. The smallest absolute Gasteiger partial charge is 0.271 e. The molecule has 1 aromatic heterocycles. The molecular weight excluding hydrogens is 366 g/mol. The Kier molecular flexibility index (Phi) is 3.97. The Bertz CT molecular complexity index is 1170. The molecule has 1 aliphatic carbocycles. The number of primary amides is 1. The van der Waals surface area contributed by atoms with Gasteiger partial charge in [0, 0.05) is 23.5 Å². The van der Waals surface area contributed by atoms with Crippen LogP contribution in [0.15, 0.2) is 36.4 Å². The molecule has 3 N–H and O–H groups in total. The third-order valence-electron chi connectivity index (χ3n) is 5.66. The van der Waals surface area contributed by atoms with Crippen molar-refractivity contribution in [2.24, 2.45) is 5.73 Å². The minimum absolute atomic E-state index is 0.00411. The number of para-hydroxylation sites is 1. The third-order valence-corrected chi connectivity index (χ3v) is 5.66. The second-order valence-electron chi connectivity index (χ2n) is 7.58. The number of anilines is 2. The Balaban J connectivity index is 1.68. The molecule has 2 amide bonds. The van der Waals surface area contributed by atoms with Crippen molar-refractivity contribution in [3.63, 3.8) is 0 Å². The van der Waals surface area contributed by atoms with Gasteiger partial charge in [-0.3, -0.25) is 9.59 Å². The van der Waals surface area contributed by atoms with Gasteiger partial charge in [-0.15, -0.1) is 10.2 Å². The second kappa shape index (κ2) is 6.55. The Labute approximate surface area is 167 Å². The minimum atomic E-state index is -0.568. The minimum Gasteiger partial charge on any atom is -0.366 e. The van der Waals surface area contributed by atoms with Crippen LogP contribution in [0.4, 0.5) is 11.4 Å². The molecule has 1 saturated carbocycles. The maximum Gasteiger partial charge on any atom is 0.271 e. The monoisotopic (exact) mass is 387 g/mol. The molecule has 7 heteroatoms. The van der Waals surface area contributed by atoms with E-state index in [4.69, 9.17) is 5.73 Å². The summed E-state index contributed by atoms with van der Waals surface area (Å²) in [6.45, 7) is 2.84. The van der Waals surface area contributed by atoms with Crippen molar-refractivity contribution in [1.82, 2.24) is 10.2 Å². The zero-order valence-corrected chi connectivity index (χ0v) is 16.1. The lowest BCUT2D eigenvalue weighted by Crippen LogP contribution is -2.29. The fraction of sp³-hybridized carbons (Fsp3) is 0.273. The zero-order valence-electron chi connectivity index (χ0n) is 16.1. The van der Waals surface area contributed by atoms with Gasteiger partial charge in [-0.1, -0.05) is 24.3 Å². The lowest BCUT2D eigenvalue weighted by Gasteiger charge is -2.25. The maximum absolute atomic E-state index is 12.0. The molecule has 2 aliphatic rings. The van der Waals surface area contributed by atoms with E-state index in [9.17, 15) is 9.59 Å². The first-order chi connectivity index (χ1) is 14.1. The quantitative estimate of drug-likeness (QED) is 0.701. The van der Waals surface area contributed by atoms with Crippen LogP contribution in [0.5, 0.6) is 0 Å². The molecule has 0 spiro atoms. The van der Waals surface area contributed by atoms with Gasteiger partial charge in [0.05, 0.1) is 23.3 Å². The topological polar surface area (TPSA) is 101 Å². The normalized spacial score (nSPS) is 15.3. The Morgan fingerprint density at radius 2 is 2.07 bits per heavy atom. The summed E-state index contributed by atoms with van der Waals surface area (Å²) in [5.41, 5.74) is 11.0. The number of nitrogens with two attached hydrogens (primary N) is 1. The number of benzene rings is 2. The highest BCUT2D eigenvalue weighted by Crippen LogP contribution is 2.39. The molecule has 1 fully saturated rings. The number of carbonyl (C=O) groups is 2. The van der Waals surface area contributed by atoms with Gasteiger partial charge >= 0.3 is 0 Å². The van der Waals surface area contributed by atoms with E-state index in [-0.39, 0.29) is 11.6 Å².